The summed E-state index contributed by atoms with van der Waals surface area (Å²) in [6.45, 7) is 20.9. The van der Waals surface area contributed by atoms with E-state index < -0.39 is 0 Å². The third-order valence-corrected chi connectivity index (χ3v) is 6.24. The second kappa shape index (κ2) is 6.50. The monoisotopic (exact) mass is 270 g/mol. The van der Waals surface area contributed by atoms with Crippen LogP contribution in [0.25, 0.3) is 0 Å². The van der Waals surface area contributed by atoms with Crippen LogP contribution in [0.2, 0.25) is 0 Å². The molecule has 0 amide bonds. The molecule has 0 bridgehead atoms. The summed E-state index contributed by atoms with van der Waals surface area (Å²) < 4.78 is 0.342. The summed E-state index contributed by atoms with van der Waals surface area (Å²) in [6, 6.07) is 0. The summed E-state index contributed by atoms with van der Waals surface area (Å²) in [4.78, 5) is 0. The van der Waals surface area contributed by atoms with Gasteiger partial charge in [0, 0.05) is 4.75 Å². The Balaban J connectivity index is 5.31. The van der Waals surface area contributed by atoms with Crippen LogP contribution in [0.3, 0.4) is 0 Å². The maximum Gasteiger partial charge on any atom is 0.0106 e. The first-order chi connectivity index (χ1) is 8.06. The van der Waals surface area contributed by atoms with E-state index in [9.17, 15) is 0 Å². The van der Waals surface area contributed by atoms with E-state index in [1.54, 1.807) is 0 Å². The van der Waals surface area contributed by atoms with E-state index in [2.05, 4.69) is 61.3 Å². The van der Waals surface area contributed by atoms with Gasteiger partial charge in [0.15, 0.2) is 0 Å². The molecule has 0 nitrogen and oxygen atoms in total. The summed E-state index contributed by atoms with van der Waals surface area (Å²) in [6.07, 6.45) is 7.10. The van der Waals surface area contributed by atoms with E-state index in [0.29, 0.717) is 10.2 Å². The van der Waals surface area contributed by atoms with Gasteiger partial charge in [-0.1, -0.05) is 67.0 Å². The van der Waals surface area contributed by atoms with Crippen LogP contribution in [0.1, 0.15) is 74.1 Å². The van der Waals surface area contributed by atoms with Crippen molar-refractivity contribution >= 4 is 11.8 Å². The average molecular weight is 271 g/mol. The molecule has 1 heteroatoms. The molecule has 0 spiro atoms. The molecule has 0 aliphatic heterocycles. The first-order valence-electron chi connectivity index (χ1n) is 7.29. The Morgan fingerprint density at radius 2 is 1.56 bits per heavy atom. The van der Waals surface area contributed by atoms with Gasteiger partial charge in [0.1, 0.15) is 0 Å². The highest BCUT2D eigenvalue weighted by Gasteiger charge is 2.44. The molecule has 0 rings (SSSR count). The van der Waals surface area contributed by atoms with Crippen molar-refractivity contribution < 1.29 is 0 Å². The Hall–Kier alpha value is 0.0900. The zero-order chi connectivity index (χ0) is 14.6. The minimum absolute atomic E-state index is 0.213. The molecule has 0 aliphatic carbocycles. The van der Waals surface area contributed by atoms with Gasteiger partial charge in [0.05, 0.1) is 0 Å². The Labute approximate surface area is 120 Å². The molecular weight excluding hydrogens is 236 g/mol. The van der Waals surface area contributed by atoms with Crippen LogP contribution in [0, 0.1) is 10.8 Å². The van der Waals surface area contributed by atoms with Gasteiger partial charge in [-0.3, -0.25) is 0 Å². The summed E-state index contributed by atoms with van der Waals surface area (Å²) in [5, 5.41) is 0. The molecule has 0 N–H and O–H groups in total. The summed E-state index contributed by atoms with van der Waals surface area (Å²) >= 11 is 1.99. The lowest BCUT2D eigenvalue weighted by Gasteiger charge is -2.49. The molecule has 1 unspecified atom stereocenters. The minimum atomic E-state index is 0.213. The summed E-state index contributed by atoms with van der Waals surface area (Å²) in [5.74, 6) is 0. The highest BCUT2D eigenvalue weighted by Crippen LogP contribution is 2.53. The predicted molar refractivity (Wildman–Crippen MR) is 88.4 cm³/mol. The van der Waals surface area contributed by atoms with Crippen LogP contribution in [0.15, 0.2) is 12.2 Å². The van der Waals surface area contributed by atoms with Gasteiger partial charge in [0.2, 0.25) is 0 Å². The SMILES string of the molecule is C=C(CC)C(C)(C)C(C)(CCC)CC(C)(C)SC. The number of hydrogen-bond acceptors (Lipinski definition) is 1. The molecule has 0 radical (unpaired) electrons. The smallest absolute Gasteiger partial charge is 0.0106 e. The number of rotatable bonds is 8. The van der Waals surface area contributed by atoms with Crippen molar-refractivity contribution in [3.05, 3.63) is 12.2 Å². The number of thioether (sulfide) groups is 1. The molecule has 18 heavy (non-hydrogen) atoms. The fourth-order valence-corrected chi connectivity index (χ4v) is 3.52. The van der Waals surface area contributed by atoms with Crippen molar-refractivity contribution in [2.45, 2.75) is 78.9 Å². The Bertz CT molecular complexity index is 275. The molecule has 108 valence electrons. The second-order valence-corrected chi connectivity index (χ2v) is 8.55. The normalized spacial score (nSPS) is 16.4. The van der Waals surface area contributed by atoms with Crippen LogP contribution in [0.4, 0.5) is 0 Å². The zero-order valence-corrected chi connectivity index (χ0v) is 14.8. The van der Waals surface area contributed by atoms with Crippen LogP contribution in [-0.4, -0.2) is 11.0 Å². The predicted octanol–water partition coefficient (Wildman–Crippen LogP) is 6.32. The van der Waals surface area contributed by atoms with E-state index in [-0.39, 0.29) is 5.41 Å². The van der Waals surface area contributed by atoms with E-state index in [1.807, 2.05) is 11.8 Å². The van der Waals surface area contributed by atoms with Gasteiger partial charge < -0.3 is 0 Å². The number of hydrogen-bond donors (Lipinski definition) is 0. The highest BCUT2D eigenvalue weighted by molar-refractivity contribution is 7.99. The van der Waals surface area contributed by atoms with Gasteiger partial charge in [-0.25, -0.2) is 0 Å². The molecule has 1 atom stereocenters. The molecule has 0 aromatic carbocycles. The van der Waals surface area contributed by atoms with Gasteiger partial charge in [-0.05, 0) is 36.3 Å². The van der Waals surface area contributed by atoms with Crippen molar-refractivity contribution in [3.8, 4) is 0 Å². The maximum atomic E-state index is 4.34. The fourth-order valence-electron chi connectivity index (χ4n) is 3.05. The topological polar surface area (TPSA) is 0 Å². The lowest BCUT2D eigenvalue weighted by Crippen LogP contribution is -2.41. The maximum absolute atomic E-state index is 4.34. The minimum Gasteiger partial charge on any atom is -0.159 e. The molecular formula is C17H34S. The van der Waals surface area contributed by atoms with Crippen molar-refractivity contribution in [2.24, 2.45) is 10.8 Å². The van der Waals surface area contributed by atoms with E-state index >= 15 is 0 Å². The Morgan fingerprint density at radius 3 is 1.89 bits per heavy atom. The van der Waals surface area contributed by atoms with Gasteiger partial charge in [0.25, 0.3) is 0 Å². The molecule has 0 aromatic rings. The lowest BCUT2D eigenvalue weighted by molar-refractivity contribution is 0.0876. The Morgan fingerprint density at radius 1 is 1.06 bits per heavy atom. The summed E-state index contributed by atoms with van der Waals surface area (Å²) in [7, 11) is 0. The van der Waals surface area contributed by atoms with Crippen molar-refractivity contribution in [1.82, 2.24) is 0 Å². The standard InChI is InChI=1S/C17H34S/c1-10-12-17(8,13-15(4,5)18-9)16(6,7)14(3)11-2/h3,10-13H2,1-2,4-9H3. The molecule has 0 saturated carbocycles. The first kappa shape index (κ1) is 18.1. The fraction of sp³-hybridized carbons (Fsp3) is 0.882. The third kappa shape index (κ3) is 4.05. The summed E-state index contributed by atoms with van der Waals surface area (Å²) in [5.41, 5.74) is 1.95. The van der Waals surface area contributed by atoms with E-state index in [1.165, 1.54) is 24.8 Å². The lowest BCUT2D eigenvalue weighted by atomic mass is 9.57. The molecule has 0 saturated heterocycles. The quantitative estimate of drug-likeness (QED) is 0.465. The van der Waals surface area contributed by atoms with Gasteiger partial charge >= 0.3 is 0 Å². The third-order valence-electron chi connectivity index (χ3n) is 4.99. The van der Waals surface area contributed by atoms with Gasteiger partial charge in [-0.2, -0.15) is 11.8 Å². The van der Waals surface area contributed by atoms with Crippen molar-refractivity contribution in [3.63, 3.8) is 0 Å². The van der Waals surface area contributed by atoms with E-state index in [4.69, 9.17) is 0 Å². The van der Waals surface area contributed by atoms with Crippen LogP contribution in [0.5, 0.6) is 0 Å². The van der Waals surface area contributed by atoms with Gasteiger partial charge in [-0.15, -0.1) is 0 Å². The second-order valence-electron chi connectivity index (χ2n) is 7.03. The zero-order valence-electron chi connectivity index (χ0n) is 13.9. The van der Waals surface area contributed by atoms with Crippen LogP contribution >= 0.6 is 11.8 Å². The molecule has 0 aliphatic rings. The van der Waals surface area contributed by atoms with Crippen LogP contribution < -0.4 is 0 Å². The molecule has 0 aromatic heterocycles. The van der Waals surface area contributed by atoms with Crippen molar-refractivity contribution in [2.75, 3.05) is 6.26 Å². The highest BCUT2D eigenvalue weighted by atomic mass is 32.2. The van der Waals surface area contributed by atoms with Crippen LogP contribution in [-0.2, 0) is 0 Å². The first-order valence-corrected chi connectivity index (χ1v) is 8.52. The average Bonchev–Trinajstić information content (AvgIpc) is 2.27. The van der Waals surface area contributed by atoms with Crippen molar-refractivity contribution in [1.29, 1.82) is 0 Å². The van der Waals surface area contributed by atoms with E-state index in [0.717, 1.165) is 6.42 Å². The largest absolute Gasteiger partial charge is 0.159 e. The molecule has 0 fully saturated rings. The molecule has 0 heterocycles. The Kier molecular flexibility index (Phi) is 6.53. The number of allylic oxidation sites excluding steroid dienone is 1.